The molecule has 1 aliphatic heterocycles. The molecule has 2 atom stereocenters. The van der Waals surface area contributed by atoms with Gasteiger partial charge in [-0.25, -0.2) is 0 Å². The minimum absolute atomic E-state index is 0.113. The average Bonchev–Trinajstić information content (AvgIpc) is 3.71. The van der Waals surface area contributed by atoms with E-state index in [2.05, 4.69) is 10.1 Å². The largest absolute Gasteiger partial charge is 0.573 e. The van der Waals surface area contributed by atoms with Gasteiger partial charge in [0.2, 0.25) is 5.91 Å². The number of nitrogens with one attached hydrogen (secondary N) is 1. The molecular formula is C32H42F3N3O5. The zero-order chi connectivity index (χ0) is 31.0. The molecule has 2 fully saturated rings. The van der Waals surface area contributed by atoms with E-state index in [1.807, 2.05) is 49.1 Å². The smallest absolute Gasteiger partial charge is 0.405 e. The Balaban J connectivity index is 1.46. The van der Waals surface area contributed by atoms with E-state index in [1.54, 1.807) is 4.90 Å². The van der Waals surface area contributed by atoms with Crippen molar-refractivity contribution in [2.75, 3.05) is 46.5 Å². The maximum absolute atomic E-state index is 13.8. The summed E-state index contributed by atoms with van der Waals surface area (Å²) < 4.78 is 53.7. The third-order valence-electron chi connectivity index (χ3n) is 7.95. The van der Waals surface area contributed by atoms with E-state index < -0.39 is 12.1 Å². The van der Waals surface area contributed by atoms with Crippen molar-refractivity contribution in [3.8, 4) is 5.75 Å². The topological polar surface area (TPSA) is 80.3 Å². The van der Waals surface area contributed by atoms with Crippen LogP contribution in [-0.2, 0) is 27.3 Å². The Labute approximate surface area is 251 Å². The Morgan fingerprint density at radius 2 is 1.70 bits per heavy atom. The summed E-state index contributed by atoms with van der Waals surface area (Å²) in [5.41, 5.74) is 1.38. The van der Waals surface area contributed by atoms with Gasteiger partial charge in [0.05, 0.1) is 26.2 Å². The molecule has 0 radical (unpaired) electrons. The van der Waals surface area contributed by atoms with E-state index in [-0.39, 0.29) is 66.7 Å². The van der Waals surface area contributed by atoms with Crippen LogP contribution in [0.5, 0.6) is 5.75 Å². The molecule has 0 spiro atoms. The van der Waals surface area contributed by atoms with E-state index in [0.29, 0.717) is 26.1 Å². The Morgan fingerprint density at radius 1 is 1.00 bits per heavy atom. The number of hydrogen-bond acceptors (Lipinski definition) is 6. The molecule has 1 saturated heterocycles. The Morgan fingerprint density at radius 3 is 2.33 bits per heavy atom. The first-order valence-corrected chi connectivity index (χ1v) is 14.9. The lowest BCUT2D eigenvalue weighted by Gasteiger charge is -2.34. The second-order valence-corrected chi connectivity index (χ2v) is 11.6. The third-order valence-corrected chi connectivity index (χ3v) is 7.95. The first-order valence-electron chi connectivity index (χ1n) is 14.9. The normalized spacial score (nSPS) is 18.6. The van der Waals surface area contributed by atoms with Crippen LogP contribution in [0.4, 0.5) is 13.2 Å². The van der Waals surface area contributed by atoms with Gasteiger partial charge in [-0.3, -0.25) is 9.59 Å². The highest BCUT2D eigenvalue weighted by atomic mass is 19.4. The molecule has 2 aromatic carbocycles. The van der Waals surface area contributed by atoms with Crippen LogP contribution in [0.15, 0.2) is 48.5 Å². The summed E-state index contributed by atoms with van der Waals surface area (Å²) in [5, 5.41) is 3.44. The van der Waals surface area contributed by atoms with Gasteiger partial charge in [-0.15, -0.1) is 13.2 Å². The quantitative estimate of drug-likeness (QED) is 0.298. The number of carbonyl (C=O) groups is 2. The molecule has 4 rings (SSSR count). The molecule has 236 valence electrons. The monoisotopic (exact) mass is 605 g/mol. The molecule has 1 aliphatic carbocycles. The average molecular weight is 606 g/mol. The Kier molecular flexibility index (Phi) is 11.5. The number of alkyl halides is 3. The molecule has 1 N–H and O–H groups in total. The summed E-state index contributed by atoms with van der Waals surface area (Å²) in [7, 11) is 1.50. The molecule has 0 bridgehead atoms. The van der Waals surface area contributed by atoms with E-state index in [4.69, 9.17) is 9.47 Å². The van der Waals surface area contributed by atoms with Crippen molar-refractivity contribution in [2.45, 2.75) is 58.2 Å². The fourth-order valence-electron chi connectivity index (χ4n) is 5.50. The summed E-state index contributed by atoms with van der Waals surface area (Å²) in [6, 6.07) is 13.8. The highest BCUT2D eigenvalue weighted by Gasteiger charge is 2.38. The van der Waals surface area contributed by atoms with Gasteiger partial charge in [0.1, 0.15) is 5.75 Å². The predicted molar refractivity (Wildman–Crippen MR) is 156 cm³/mol. The maximum Gasteiger partial charge on any atom is 0.573 e. The molecule has 43 heavy (non-hydrogen) atoms. The molecule has 2 amide bonds. The minimum Gasteiger partial charge on any atom is -0.405 e. The summed E-state index contributed by atoms with van der Waals surface area (Å²) in [6.45, 7) is 6.68. The summed E-state index contributed by atoms with van der Waals surface area (Å²) in [5.74, 6) is -0.282. The summed E-state index contributed by atoms with van der Waals surface area (Å²) in [6.07, 6.45) is -2.50. The van der Waals surface area contributed by atoms with Crippen molar-refractivity contribution >= 4 is 11.8 Å². The molecule has 11 heteroatoms. The molecule has 2 aromatic rings. The molecule has 0 aromatic heterocycles. The molecule has 0 unspecified atom stereocenters. The number of amides is 2. The lowest BCUT2D eigenvalue weighted by Crippen LogP contribution is -2.45. The van der Waals surface area contributed by atoms with Crippen LogP contribution >= 0.6 is 0 Å². The zero-order valence-corrected chi connectivity index (χ0v) is 25.1. The number of nitrogens with zero attached hydrogens (tertiary/aromatic N) is 2. The van der Waals surface area contributed by atoms with Crippen molar-refractivity contribution in [2.24, 2.45) is 11.8 Å². The SMILES string of the molecule is COCCOCc1cc(C(=O)N(C[C@@H]2CNC[C@H]2CN(C(=O)Cc2ccccc2)C2CC2)C(C)C)ccc1OC(F)(F)F. The summed E-state index contributed by atoms with van der Waals surface area (Å²) >= 11 is 0. The highest BCUT2D eigenvalue weighted by molar-refractivity contribution is 5.94. The van der Waals surface area contributed by atoms with Crippen LogP contribution in [0, 0.1) is 11.8 Å². The maximum atomic E-state index is 13.8. The number of halogens is 3. The lowest BCUT2D eigenvalue weighted by molar-refractivity contribution is -0.275. The van der Waals surface area contributed by atoms with E-state index in [0.717, 1.165) is 24.9 Å². The molecular weight excluding hydrogens is 563 g/mol. The van der Waals surface area contributed by atoms with Crippen LogP contribution in [0.2, 0.25) is 0 Å². The second-order valence-electron chi connectivity index (χ2n) is 11.6. The van der Waals surface area contributed by atoms with Gasteiger partial charge in [0, 0.05) is 56.5 Å². The molecule has 1 heterocycles. The Hall–Kier alpha value is -3.15. The van der Waals surface area contributed by atoms with Crippen LogP contribution in [-0.4, -0.2) is 86.6 Å². The van der Waals surface area contributed by atoms with Crippen LogP contribution in [0.3, 0.4) is 0 Å². The van der Waals surface area contributed by atoms with Crippen LogP contribution in [0.25, 0.3) is 0 Å². The van der Waals surface area contributed by atoms with Crippen molar-refractivity contribution in [1.82, 2.24) is 15.1 Å². The highest BCUT2D eigenvalue weighted by Crippen LogP contribution is 2.32. The van der Waals surface area contributed by atoms with Gasteiger partial charge < -0.3 is 29.3 Å². The molecule has 2 aliphatic rings. The number of hydrogen-bond donors (Lipinski definition) is 1. The van der Waals surface area contributed by atoms with Gasteiger partial charge >= 0.3 is 6.36 Å². The Bertz CT molecular complexity index is 1210. The first kappa shape index (κ1) is 32.8. The molecule has 1 saturated carbocycles. The van der Waals surface area contributed by atoms with Gasteiger partial charge in [0.25, 0.3) is 5.91 Å². The van der Waals surface area contributed by atoms with Gasteiger partial charge in [-0.05, 0) is 62.3 Å². The van der Waals surface area contributed by atoms with Crippen molar-refractivity contribution in [3.63, 3.8) is 0 Å². The van der Waals surface area contributed by atoms with Gasteiger partial charge in [-0.1, -0.05) is 30.3 Å². The number of rotatable bonds is 15. The fourth-order valence-corrected chi connectivity index (χ4v) is 5.50. The van der Waals surface area contributed by atoms with Crippen LogP contribution in [0.1, 0.15) is 48.2 Å². The van der Waals surface area contributed by atoms with Gasteiger partial charge in [-0.2, -0.15) is 0 Å². The van der Waals surface area contributed by atoms with Crippen LogP contribution < -0.4 is 10.1 Å². The second kappa shape index (κ2) is 15.0. The standard InChI is InChI=1S/C32H42F3N3O5/c1-22(2)37(31(40)24-9-12-29(43-32(33,34)35)25(16-24)21-42-14-13-41-3)19-26-17-36-18-27(26)20-38(28-10-11-28)30(39)15-23-7-5-4-6-8-23/h4-9,12,16,22,26-28,36H,10-11,13-15,17-21H2,1-3H3/t26-,27-/m0/s1. The van der Waals surface area contributed by atoms with Gasteiger partial charge in [0.15, 0.2) is 0 Å². The van der Waals surface area contributed by atoms with E-state index >= 15 is 0 Å². The lowest BCUT2D eigenvalue weighted by atomic mass is 9.93. The first-order chi connectivity index (χ1) is 20.6. The van der Waals surface area contributed by atoms with E-state index in [1.165, 1.54) is 25.3 Å². The third kappa shape index (κ3) is 9.67. The number of methoxy groups -OCH3 is 1. The fraction of sp³-hybridized carbons (Fsp3) is 0.562. The predicted octanol–water partition coefficient (Wildman–Crippen LogP) is 4.67. The van der Waals surface area contributed by atoms with Crippen molar-refractivity contribution in [3.05, 3.63) is 65.2 Å². The van der Waals surface area contributed by atoms with Crippen molar-refractivity contribution in [1.29, 1.82) is 0 Å². The number of carbonyl (C=O) groups excluding carboxylic acids is 2. The van der Waals surface area contributed by atoms with Crippen molar-refractivity contribution < 1.29 is 37.0 Å². The number of benzene rings is 2. The van der Waals surface area contributed by atoms with E-state index in [9.17, 15) is 22.8 Å². The molecule has 8 nitrogen and oxygen atoms in total. The minimum atomic E-state index is -4.88. The number of ether oxygens (including phenoxy) is 3. The summed E-state index contributed by atoms with van der Waals surface area (Å²) in [4.78, 5) is 30.9. The zero-order valence-electron chi connectivity index (χ0n) is 25.1.